The van der Waals surface area contributed by atoms with Crippen molar-refractivity contribution in [1.29, 1.82) is 0 Å². The third kappa shape index (κ3) is 3.10. The van der Waals surface area contributed by atoms with Gasteiger partial charge in [0.1, 0.15) is 0 Å². The molecular formula is C16H12BrCl2NO. The first-order valence-corrected chi connectivity index (χ1v) is 8.17. The lowest BCUT2D eigenvalue weighted by Gasteiger charge is -2.19. The van der Waals surface area contributed by atoms with Crippen LogP contribution >= 0.6 is 39.1 Å². The maximum atomic E-state index is 11.4. The molecule has 0 radical (unpaired) electrons. The number of anilines is 1. The minimum atomic E-state index is -0.249. The summed E-state index contributed by atoms with van der Waals surface area (Å²) < 4.78 is 0.831. The molecule has 1 unspecified atom stereocenters. The summed E-state index contributed by atoms with van der Waals surface area (Å²) in [6.07, 6.45) is 1.28. The summed E-state index contributed by atoms with van der Waals surface area (Å²) in [6, 6.07) is 11.6. The van der Waals surface area contributed by atoms with Crippen LogP contribution in [0, 0.1) is 0 Å². The molecule has 2 nitrogen and oxygen atoms in total. The topological polar surface area (TPSA) is 29.1 Å². The van der Waals surface area contributed by atoms with Crippen LogP contribution in [0.1, 0.15) is 28.5 Å². The van der Waals surface area contributed by atoms with E-state index in [4.69, 9.17) is 23.2 Å². The number of carbonyl (C=O) groups is 1. The van der Waals surface area contributed by atoms with E-state index in [2.05, 4.69) is 27.3 Å². The standard InChI is InChI=1S/C16H12BrCl2NO/c17-12-8-11(1-4-13(12)18)16(19)10-2-5-14-9(7-10)3-6-15(21)20-14/h1-2,4-5,7-8,16H,3,6H2,(H,20,21). The number of aryl methyl sites for hydroxylation is 1. The Kier molecular flexibility index (Phi) is 4.25. The molecule has 0 spiro atoms. The van der Waals surface area contributed by atoms with Crippen molar-refractivity contribution in [3.05, 3.63) is 62.6 Å². The Morgan fingerprint density at radius 3 is 2.57 bits per heavy atom. The van der Waals surface area contributed by atoms with Crippen LogP contribution < -0.4 is 5.32 Å². The Balaban J connectivity index is 1.93. The van der Waals surface area contributed by atoms with Gasteiger partial charge in [0, 0.05) is 16.6 Å². The molecule has 3 rings (SSSR count). The second-order valence-electron chi connectivity index (χ2n) is 5.00. The fourth-order valence-corrected chi connectivity index (χ4v) is 3.21. The van der Waals surface area contributed by atoms with Gasteiger partial charge in [0.2, 0.25) is 5.91 Å². The van der Waals surface area contributed by atoms with Crippen molar-refractivity contribution < 1.29 is 4.79 Å². The smallest absolute Gasteiger partial charge is 0.224 e. The van der Waals surface area contributed by atoms with E-state index in [9.17, 15) is 4.79 Å². The molecule has 5 heteroatoms. The third-order valence-electron chi connectivity index (χ3n) is 3.55. The summed E-state index contributed by atoms with van der Waals surface area (Å²) in [5.41, 5.74) is 4.01. The minimum absolute atomic E-state index is 0.0688. The number of amides is 1. The highest BCUT2D eigenvalue weighted by Crippen LogP contribution is 2.35. The molecule has 1 amide bonds. The third-order valence-corrected chi connectivity index (χ3v) is 5.27. The lowest BCUT2D eigenvalue weighted by atomic mass is 9.97. The summed E-state index contributed by atoms with van der Waals surface area (Å²) in [7, 11) is 0. The number of nitrogens with one attached hydrogen (secondary N) is 1. The first-order chi connectivity index (χ1) is 10.0. The molecular weight excluding hydrogens is 373 g/mol. The normalized spacial score (nSPS) is 15.3. The van der Waals surface area contributed by atoms with Gasteiger partial charge < -0.3 is 5.32 Å². The minimum Gasteiger partial charge on any atom is -0.326 e. The van der Waals surface area contributed by atoms with Crippen LogP contribution in [0.15, 0.2) is 40.9 Å². The van der Waals surface area contributed by atoms with E-state index >= 15 is 0 Å². The highest BCUT2D eigenvalue weighted by molar-refractivity contribution is 9.10. The Labute approximate surface area is 141 Å². The van der Waals surface area contributed by atoms with Crippen molar-refractivity contribution in [1.82, 2.24) is 0 Å². The molecule has 0 aliphatic carbocycles. The van der Waals surface area contributed by atoms with Crippen molar-refractivity contribution in [3.63, 3.8) is 0 Å². The predicted octanol–water partition coefficient (Wildman–Crippen LogP) is 5.32. The molecule has 1 N–H and O–H groups in total. The monoisotopic (exact) mass is 383 g/mol. The molecule has 0 bridgehead atoms. The van der Waals surface area contributed by atoms with Gasteiger partial charge in [-0.15, -0.1) is 11.6 Å². The Bertz CT molecular complexity index is 717. The molecule has 0 fully saturated rings. The Hall–Kier alpha value is -1.03. The maximum absolute atomic E-state index is 11.4. The van der Waals surface area contributed by atoms with Crippen molar-refractivity contribution in [2.45, 2.75) is 18.2 Å². The molecule has 1 heterocycles. The van der Waals surface area contributed by atoms with E-state index in [1.54, 1.807) is 0 Å². The molecule has 1 atom stereocenters. The lowest BCUT2D eigenvalue weighted by Crippen LogP contribution is -2.19. The van der Waals surface area contributed by atoms with Gasteiger partial charge in [0.15, 0.2) is 0 Å². The van der Waals surface area contributed by atoms with Gasteiger partial charge in [-0.05, 0) is 57.2 Å². The second kappa shape index (κ2) is 5.99. The SMILES string of the molecule is O=C1CCc2cc(C(Cl)c3ccc(Cl)c(Br)c3)ccc2N1. The number of alkyl halides is 1. The number of halogens is 3. The number of hydrogen-bond acceptors (Lipinski definition) is 1. The summed E-state index contributed by atoms with van der Waals surface area (Å²) in [5, 5.41) is 3.29. The van der Waals surface area contributed by atoms with E-state index in [1.807, 2.05) is 30.3 Å². The Morgan fingerprint density at radius 2 is 1.81 bits per heavy atom. The lowest BCUT2D eigenvalue weighted by molar-refractivity contribution is -0.116. The number of fused-ring (bicyclic) bond motifs is 1. The molecule has 0 aromatic heterocycles. The summed E-state index contributed by atoms with van der Waals surface area (Å²) in [4.78, 5) is 11.4. The zero-order valence-corrected chi connectivity index (χ0v) is 14.1. The largest absolute Gasteiger partial charge is 0.326 e. The van der Waals surface area contributed by atoms with Gasteiger partial charge >= 0.3 is 0 Å². The van der Waals surface area contributed by atoms with Crippen molar-refractivity contribution in [2.75, 3.05) is 5.32 Å². The molecule has 1 aliphatic heterocycles. The summed E-state index contributed by atoms with van der Waals surface area (Å²) >= 11 is 16.0. The first kappa shape index (κ1) is 14.9. The van der Waals surface area contributed by atoms with Gasteiger partial charge in [-0.1, -0.05) is 29.8 Å². The maximum Gasteiger partial charge on any atom is 0.224 e. The summed E-state index contributed by atoms with van der Waals surface area (Å²) in [6.45, 7) is 0. The van der Waals surface area contributed by atoms with Crippen LogP contribution in [-0.4, -0.2) is 5.91 Å². The van der Waals surface area contributed by atoms with Gasteiger partial charge in [-0.2, -0.15) is 0 Å². The fraction of sp³-hybridized carbons (Fsp3) is 0.188. The van der Waals surface area contributed by atoms with Gasteiger partial charge in [0.25, 0.3) is 0 Å². The van der Waals surface area contributed by atoms with E-state index in [1.165, 1.54) is 0 Å². The van der Waals surface area contributed by atoms with E-state index in [0.717, 1.165) is 33.3 Å². The Morgan fingerprint density at radius 1 is 1.10 bits per heavy atom. The van der Waals surface area contributed by atoms with Crippen LogP contribution in [0.4, 0.5) is 5.69 Å². The highest BCUT2D eigenvalue weighted by atomic mass is 79.9. The molecule has 0 saturated heterocycles. The van der Waals surface area contributed by atoms with Gasteiger partial charge in [0.05, 0.1) is 10.4 Å². The van der Waals surface area contributed by atoms with E-state index in [-0.39, 0.29) is 11.3 Å². The van der Waals surface area contributed by atoms with Crippen LogP contribution in [0.25, 0.3) is 0 Å². The van der Waals surface area contributed by atoms with Crippen molar-refractivity contribution in [2.24, 2.45) is 0 Å². The zero-order valence-electron chi connectivity index (χ0n) is 11.0. The van der Waals surface area contributed by atoms with Crippen LogP contribution in [0.5, 0.6) is 0 Å². The van der Waals surface area contributed by atoms with Crippen molar-refractivity contribution >= 4 is 50.7 Å². The molecule has 2 aromatic rings. The summed E-state index contributed by atoms with van der Waals surface area (Å²) in [5.74, 6) is 0.0688. The number of hydrogen-bond donors (Lipinski definition) is 1. The molecule has 21 heavy (non-hydrogen) atoms. The molecule has 2 aromatic carbocycles. The average molecular weight is 385 g/mol. The van der Waals surface area contributed by atoms with Crippen LogP contribution in [-0.2, 0) is 11.2 Å². The van der Waals surface area contributed by atoms with E-state index in [0.29, 0.717) is 11.4 Å². The highest BCUT2D eigenvalue weighted by Gasteiger charge is 2.18. The van der Waals surface area contributed by atoms with E-state index < -0.39 is 0 Å². The number of benzene rings is 2. The van der Waals surface area contributed by atoms with Gasteiger partial charge in [-0.3, -0.25) is 4.79 Å². The zero-order chi connectivity index (χ0) is 15.0. The molecule has 108 valence electrons. The molecule has 1 aliphatic rings. The van der Waals surface area contributed by atoms with Crippen LogP contribution in [0.2, 0.25) is 5.02 Å². The van der Waals surface area contributed by atoms with Gasteiger partial charge in [-0.25, -0.2) is 0 Å². The quantitative estimate of drug-likeness (QED) is 0.698. The number of rotatable bonds is 2. The average Bonchev–Trinajstić information content (AvgIpc) is 2.49. The van der Waals surface area contributed by atoms with Crippen LogP contribution in [0.3, 0.4) is 0 Å². The van der Waals surface area contributed by atoms with Crippen molar-refractivity contribution in [3.8, 4) is 0 Å². The molecule has 0 saturated carbocycles. The fourth-order valence-electron chi connectivity index (χ4n) is 2.42. The number of carbonyl (C=O) groups excluding carboxylic acids is 1. The second-order valence-corrected chi connectivity index (χ2v) is 6.70. The predicted molar refractivity (Wildman–Crippen MR) is 90.2 cm³/mol. The first-order valence-electron chi connectivity index (χ1n) is 6.56.